The molecule has 1 heterocycles. The van der Waals surface area contributed by atoms with Crippen LogP contribution in [0.25, 0.3) is 0 Å². The van der Waals surface area contributed by atoms with Crippen molar-refractivity contribution < 1.29 is 19.4 Å². The summed E-state index contributed by atoms with van der Waals surface area (Å²) in [6.45, 7) is 0. The van der Waals surface area contributed by atoms with E-state index in [-0.39, 0.29) is 11.8 Å². The minimum atomic E-state index is -0.934. The molecule has 1 amide bonds. The summed E-state index contributed by atoms with van der Waals surface area (Å²) < 4.78 is 5.40. The van der Waals surface area contributed by atoms with E-state index in [0.717, 1.165) is 24.1 Å². The van der Waals surface area contributed by atoms with E-state index in [2.05, 4.69) is 5.32 Å². The third kappa shape index (κ3) is 2.54. The first-order chi connectivity index (χ1) is 9.13. The number of ether oxygens (including phenoxy) is 1. The highest BCUT2D eigenvalue weighted by Gasteiger charge is 2.30. The van der Waals surface area contributed by atoms with Gasteiger partial charge in [-0.15, -0.1) is 0 Å². The number of carbonyl (C=O) groups is 2. The average Bonchev–Trinajstić information content (AvgIpc) is 3.22. The van der Waals surface area contributed by atoms with Crippen LogP contribution in [-0.2, 0) is 16.0 Å². The summed E-state index contributed by atoms with van der Waals surface area (Å²) in [6.07, 6.45) is 2.29. The summed E-state index contributed by atoms with van der Waals surface area (Å²) >= 11 is 0. The number of benzene rings is 1. The summed E-state index contributed by atoms with van der Waals surface area (Å²) in [5.74, 6) is -0.0939. The van der Waals surface area contributed by atoms with Gasteiger partial charge >= 0.3 is 5.97 Å². The number of rotatable bonds is 3. The molecule has 1 aromatic carbocycles. The second kappa shape index (κ2) is 4.57. The lowest BCUT2D eigenvalue weighted by Crippen LogP contribution is -2.30. The Morgan fingerprint density at radius 3 is 2.74 bits per heavy atom. The number of carboxylic acid groups (broad SMARTS) is 1. The number of hydrogen-bond acceptors (Lipinski definition) is 3. The quantitative estimate of drug-likeness (QED) is 0.870. The van der Waals surface area contributed by atoms with E-state index in [1.807, 2.05) is 6.07 Å². The third-order valence-electron chi connectivity index (χ3n) is 3.50. The van der Waals surface area contributed by atoms with Crippen molar-refractivity contribution >= 4 is 17.6 Å². The molecule has 1 aliphatic carbocycles. The molecule has 0 aromatic heterocycles. The van der Waals surface area contributed by atoms with Crippen molar-refractivity contribution in [1.29, 1.82) is 0 Å². The van der Waals surface area contributed by atoms with Crippen molar-refractivity contribution in [3.05, 3.63) is 23.8 Å². The Bertz CT molecular complexity index is 536. The van der Waals surface area contributed by atoms with Crippen LogP contribution < -0.4 is 10.1 Å². The van der Waals surface area contributed by atoms with Crippen LogP contribution in [0.4, 0.5) is 5.69 Å². The maximum absolute atomic E-state index is 11.7. The SMILES string of the molecule is O=C(Nc1ccc2c(c1)CC[C@H](C(=O)O)O2)C1CC1. The third-order valence-corrected chi connectivity index (χ3v) is 3.50. The van der Waals surface area contributed by atoms with Crippen LogP contribution in [0.15, 0.2) is 18.2 Å². The van der Waals surface area contributed by atoms with Crippen molar-refractivity contribution in [3.63, 3.8) is 0 Å². The lowest BCUT2D eigenvalue weighted by atomic mass is 10.0. The van der Waals surface area contributed by atoms with Gasteiger partial charge in [0.25, 0.3) is 0 Å². The Kier molecular flexibility index (Phi) is 2.89. The molecule has 5 heteroatoms. The molecule has 1 aromatic rings. The smallest absolute Gasteiger partial charge is 0.344 e. The molecule has 2 aliphatic rings. The Morgan fingerprint density at radius 2 is 2.05 bits per heavy atom. The van der Waals surface area contributed by atoms with Crippen LogP contribution in [0.5, 0.6) is 5.75 Å². The number of anilines is 1. The van der Waals surface area contributed by atoms with Crippen molar-refractivity contribution in [2.75, 3.05) is 5.32 Å². The lowest BCUT2D eigenvalue weighted by Gasteiger charge is -2.23. The van der Waals surface area contributed by atoms with E-state index in [0.29, 0.717) is 18.6 Å². The van der Waals surface area contributed by atoms with Crippen LogP contribution in [0.1, 0.15) is 24.8 Å². The second-order valence-corrected chi connectivity index (χ2v) is 5.07. The molecule has 0 bridgehead atoms. The van der Waals surface area contributed by atoms with Crippen molar-refractivity contribution in [3.8, 4) is 5.75 Å². The molecular formula is C14H15NO4. The zero-order chi connectivity index (χ0) is 13.4. The number of hydrogen-bond donors (Lipinski definition) is 2. The predicted molar refractivity (Wildman–Crippen MR) is 68.2 cm³/mol. The Balaban J connectivity index is 1.73. The molecule has 0 unspecified atom stereocenters. The first kappa shape index (κ1) is 12.0. The van der Waals surface area contributed by atoms with Gasteiger partial charge in [-0.2, -0.15) is 0 Å². The molecule has 100 valence electrons. The maximum Gasteiger partial charge on any atom is 0.344 e. The summed E-state index contributed by atoms with van der Waals surface area (Å²) in [7, 11) is 0. The standard InChI is InChI=1S/C14H15NO4/c16-13(8-1-2-8)15-10-4-6-11-9(7-10)3-5-12(19-11)14(17)18/h4,6-8,12H,1-3,5H2,(H,15,16)(H,17,18)/t12-/m1/s1. The van der Waals surface area contributed by atoms with Gasteiger partial charge in [-0.25, -0.2) is 4.79 Å². The zero-order valence-electron chi connectivity index (χ0n) is 10.4. The number of fused-ring (bicyclic) bond motifs is 1. The molecule has 1 atom stereocenters. The summed E-state index contributed by atoms with van der Waals surface area (Å²) in [5, 5.41) is 11.8. The highest BCUT2D eigenvalue weighted by molar-refractivity contribution is 5.94. The Labute approximate surface area is 110 Å². The van der Waals surface area contributed by atoms with E-state index < -0.39 is 12.1 Å². The van der Waals surface area contributed by atoms with Crippen LogP contribution in [0, 0.1) is 5.92 Å². The number of amides is 1. The zero-order valence-corrected chi connectivity index (χ0v) is 10.4. The predicted octanol–water partition coefficient (Wildman–Crippen LogP) is 1.81. The topological polar surface area (TPSA) is 75.6 Å². The first-order valence-electron chi connectivity index (χ1n) is 6.47. The normalized spacial score (nSPS) is 21.2. The van der Waals surface area contributed by atoms with Gasteiger partial charge in [-0.3, -0.25) is 4.79 Å². The van der Waals surface area contributed by atoms with Crippen LogP contribution >= 0.6 is 0 Å². The number of carbonyl (C=O) groups excluding carboxylic acids is 1. The van der Waals surface area contributed by atoms with Gasteiger partial charge in [0.2, 0.25) is 5.91 Å². The molecule has 1 fully saturated rings. The van der Waals surface area contributed by atoms with Gasteiger partial charge in [-0.1, -0.05) is 0 Å². The molecule has 5 nitrogen and oxygen atoms in total. The molecule has 3 rings (SSSR count). The highest BCUT2D eigenvalue weighted by atomic mass is 16.5. The van der Waals surface area contributed by atoms with Gasteiger partial charge in [0.15, 0.2) is 6.10 Å². The fraction of sp³-hybridized carbons (Fsp3) is 0.429. The lowest BCUT2D eigenvalue weighted by molar-refractivity contribution is -0.145. The van der Waals surface area contributed by atoms with E-state index >= 15 is 0 Å². The van der Waals surface area contributed by atoms with Crippen molar-refractivity contribution in [2.45, 2.75) is 31.8 Å². The number of nitrogens with one attached hydrogen (secondary N) is 1. The van der Waals surface area contributed by atoms with Gasteiger partial charge in [0.05, 0.1) is 0 Å². The molecule has 1 saturated carbocycles. The minimum Gasteiger partial charge on any atom is -0.479 e. The van der Waals surface area contributed by atoms with Crippen LogP contribution in [0.2, 0.25) is 0 Å². The number of carboxylic acids is 1. The van der Waals surface area contributed by atoms with Crippen molar-refractivity contribution in [1.82, 2.24) is 0 Å². The van der Waals surface area contributed by atoms with E-state index in [9.17, 15) is 9.59 Å². The van der Waals surface area contributed by atoms with Gasteiger partial charge in [-0.05, 0) is 49.4 Å². The molecule has 2 N–H and O–H groups in total. The first-order valence-corrected chi connectivity index (χ1v) is 6.47. The monoisotopic (exact) mass is 261 g/mol. The largest absolute Gasteiger partial charge is 0.479 e. The number of aliphatic carboxylic acids is 1. The summed E-state index contributed by atoms with van der Waals surface area (Å²) in [6, 6.07) is 5.35. The molecule has 0 radical (unpaired) electrons. The Morgan fingerprint density at radius 1 is 1.26 bits per heavy atom. The average molecular weight is 261 g/mol. The molecule has 0 spiro atoms. The van der Waals surface area contributed by atoms with Crippen LogP contribution in [0.3, 0.4) is 0 Å². The van der Waals surface area contributed by atoms with Crippen LogP contribution in [-0.4, -0.2) is 23.1 Å². The fourth-order valence-corrected chi connectivity index (χ4v) is 2.23. The number of aryl methyl sites for hydroxylation is 1. The second-order valence-electron chi connectivity index (χ2n) is 5.07. The van der Waals surface area contributed by atoms with Gasteiger partial charge in [0, 0.05) is 11.6 Å². The highest BCUT2D eigenvalue weighted by Crippen LogP contribution is 2.33. The molecule has 19 heavy (non-hydrogen) atoms. The van der Waals surface area contributed by atoms with Gasteiger partial charge in [0.1, 0.15) is 5.75 Å². The summed E-state index contributed by atoms with van der Waals surface area (Å²) in [5.41, 5.74) is 1.71. The molecular weight excluding hydrogens is 246 g/mol. The van der Waals surface area contributed by atoms with Crippen molar-refractivity contribution in [2.24, 2.45) is 5.92 Å². The van der Waals surface area contributed by atoms with Gasteiger partial charge < -0.3 is 15.2 Å². The fourth-order valence-electron chi connectivity index (χ4n) is 2.23. The van der Waals surface area contributed by atoms with E-state index in [1.165, 1.54) is 0 Å². The molecule has 0 saturated heterocycles. The van der Waals surface area contributed by atoms with E-state index in [4.69, 9.17) is 9.84 Å². The Hall–Kier alpha value is -2.04. The van der Waals surface area contributed by atoms with E-state index in [1.54, 1.807) is 12.1 Å². The minimum absolute atomic E-state index is 0.0695. The maximum atomic E-state index is 11.7. The molecule has 1 aliphatic heterocycles. The summed E-state index contributed by atoms with van der Waals surface area (Å²) in [4.78, 5) is 22.5.